The van der Waals surface area contributed by atoms with Gasteiger partial charge < -0.3 is 4.90 Å². The van der Waals surface area contributed by atoms with Crippen LogP contribution in [0, 0.1) is 11.8 Å². The van der Waals surface area contributed by atoms with Gasteiger partial charge in [-0.25, -0.2) is 8.42 Å². The molecular weight excluding hydrogens is 359 g/mol. The maximum absolute atomic E-state index is 12.7. The minimum Gasteiger partial charge on any atom is -0.340 e. The number of amides is 1. The van der Waals surface area contributed by atoms with E-state index in [1.807, 2.05) is 0 Å². The van der Waals surface area contributed by atoms with Gasteiger partial charge >= 0.3 is 0 Å². The fourth-order valence-electron chi connectivity index (χ4n) is 2.86. The number of piperazine rings is 1. The van der Waals surface area contributed by atoms with Crippen LogP contribution in [-0.2, 0) is 14.8 Å². The van der Waals surface area contributed by atoms with E-state index in [1.165, 1.54) is 16.4 Å². The highest BCUT2D eigenvalue weighted by atomic mass is 35.5. The van der Waals surface area contributed by atoms with E-state index in [2.05, 4.69) is 6.92 Å². The van der Waals surface area contributed by atoms with Gasteiger partial charge in [-0.2, -0.15) is 4.31 Å². The molecule has 8 heteroatoms. The number of carbonyl (C=O) groups is 1. The second kappa shape index (κ2) is 6.24. The normalized spacial score (nSPS) is 25.4. The highest BCUT2D eigenvalue weighted by Crippen LogP contribution is 2.39. The van der Waals surface area contributed by atoms with E-state index in [-0.39, 0.29) is 34.8 Å². The summed E-state index contributed by atoms with van der Waals surface area (Å²) in [7, 11) is -3.70. The van der Waals surface area contributed by atoms with E-state index >= 15 is 0 Å². The molecule has 2 atom stereocenters. The van der Waals surface area contributed by atoms with Crippen molar-refractivity contribution < 1.29 is 13.2 Å². The Hall–Kier alpha value is -0.820. The first-order valence-electron chi connectivity index (χ1n) is 7.54. The van der Waals surface area contributed by atoms with E-state index in [1.54, 1.807) is 11.0 Å². The van der Waals surface area contributed by atoms with Crippen molar-refractivity contribution in [3.8, 4) is 0 Å². The number of sulfonamides is 1. The molecule has 23 heavy (non-hydrogen) atoms. The number of hydrogen-bond donors (Lipinski definition) is 0. The molecule has 2 unspecified atom stereocenters. The Morgan fingerprint density at radius 3 is 2.35 bits per heavy atom. The third-order valence-corrected chi connectivity index (χ3v) is 7.10. The Labute approximate surface area is 146 Å². The molecule has 1 amide bonds. The van der Waals surface area contributed by atoms with Gasteiger partial charge in [-0.15, -0.1) is 0 Å². The van der Waals surface area contributed by atoms with Crippen molar-refractivity contribution in [3.05, 3.63) is 28.2 Å². The van der Waals surface area contributed by atoms with Crippen molar-refractivity contribution in [1.29, 1.82) is 0 Å². The fourth-order valence-corrected chi connectivity index (χ4v) is 5.02. The maximum Gasteiger partial charge on any atom is 0.244 e. The van der Waals surface area contributed by atoms with Crippen LogP contribution >= 0.6 is 23.2 Å². The lowest BCUT2D eigenvalue weighted by atomic mass is 10.2. The maximum atomic E-state index is 12.7. The number of nitrogens with zero attached hydrogens (tertiary/aromatic N) is 2. The van der Waals surface area contributed by atoms with Gasteiger partial charge in [0.1, 0.15) is 4.90 Å². The molecule has 126 valence electrons. The first kappa shape index (κ1) is 17.0. The smallest absolute Gasteiger partial charge is 0.244 e. The molecule has 0 spiro atoms. The van der Waals surface area contributed by atoms with Crippen LogP contribution < -0.4 is 0 Å². The third-order valence-electron chi connectivity index (χ3n) is 4.49. The van der Waals surface area contributed by atoms with Gasteiger partial charge in [-0.3, -0.25) is 4.79 Å². The summed E-state index contributed by atoms with van der Waals surface area (Å²) in [6.07, 6.45) is 0.940. The number of benzene rings is 1. The van der Waals surface area contributed by atoms with Gasteiger partial charge in [-0.1, -0.05) is 30.1 Å². The van der Waals surface area contributed by atoms with Crippen LogP contribution in [0.2, 0.25) is 10.0 Å². The van der Waals surface area contributed by atoms with Crippen LogP contribution in [0.4, 0.5) is 0 Å². The van der Waals surface area contributed by atoms with Gasteiger partial charge in [0, 0.05) is 37.1 Å². The molecule has 3 rings (SSSR count). The molecule has 0 N–H and O–H groups in total. The largest absolute Gasteiger partial charge is 0.340 e. The molecule has 2 aliphatic rings. The second-order valence-electron chi connectivity index (χ2n) is 6.12. The summed E-state index contributed by atoms with van der Waals surface area (Å²) in [6.45, 7) is 3.44. The highest BCUT2D eigenvalue weighted by Gasteiger charge is 2.42. The molecule has 1 aliphatic heterocycles. The van der Waals surface area contributed by atoms with Gasteiger partial charge in [0.05, 0.1) is 5.02 Å². The molecule has 1 saturated heterocycles. The lowest BCUT2D eigenvalue weighted by molar-refractivity contribution is -0.134. The molecule has 1 saturated carbocycles. The van der Waals surface area contributed by atoms with Gasteiger partial charge in [-0.05, 0) is 30.5 Å². The molecule has 0 aromatic heterocycles. The number of hydrogen-bond acceptors (Lipinski definition) is 3. The Morgan fingerprint density at radius 2 is 1.78 bits per heavy atom. The van der Waals surface area contributed by atoms with Crippen molar-refractivity contribution in [2.45, 2.75) is 18.2 Å². The highest BCUT2D eigenvalue weighted by molar-refractivity contribution is 7.89. The monoisotopic (exact) mass is 376 g/mol. The van der Waals surface area contributed by atoms with Crippen LogP contribution in [0.15, 0.2) is 23.1 Å². The zero-order chi connectivity index (χ0) is 16.8. The first-order chi connectivity index (χ1) is 10.8. The predicted octanol–water partition coefficient (Wildman–Crippen LogP) is 2.48. The summed E-state index contributed by atoms with van der Waals surface area (Å²) in [5.41, 5.74) is 0. The topological polar surface area (TPSA) is 57.7 Å². The summed E-state index contributed by atoms with van der Waals surface area (Å²) in [6, 6.07) is 4.39. The number of halogens is 2. The van der Waals surface area contributed by atoms with Gasteiger partial charge in [0.25, 0.3) is 0 Å². The van der Waals surface area contributed by atoms with Gasteiger partial charge in [0.2, 0.25) is 15.9 Å². The minimum absolute atomic E-state index is 0.0160. The van der Waals surface area contributed by atoms with E-state index in [0.29, 0.717) is 24.0 Å². The van der Waals surface area contributed by atoms with Crippen molar-refractivity contribution >= 4 is 39.1 Å². The zero-order valence-corrected chi connectivity index (χ0v) is 15.0. The average Bonchev–Trinajstić information content (AvgIpc) is 3.26. The quantitative estimate of drug-likeness (QED) is 0.813. The van der Waals surface area contributed by atoms with Crippen LogP contribution in [0.3, 0.4) is 0 Å². The summed E-state index contributed by atoms with van der Waals surface area (Å²) in [5, 5.41) is 0.476. The van der Waals surface area contributed by atoms with Crippen molar-refractivity contribution in [2.24, 2.45) is 11.8 Å². The average molecular weight is 377 g/mol. The van der Waals surface area contributed by atoms with Crippen LogP contribution in [0.1, 0.15) is 13.3 Å². The molecule has 5 nitrogen and oxygen atoms in total. The Kier molecular flexibility index (Phi) is 4.62. The molecule has 2 fully saturated rings. The SMILES string of the molecule is CC1CC1C(=O)N1CCN(S(=O)(=O)c2cc(Cl)ccc2Cl)CC1. The van der Waals surface area contributed by atoms with Crippen molar-refractivity contribution in [1.82, 2.24) is 9.21 Å². The summed E-state index contributed by atoms with van der Waals surface area (Å²) < 4.78 is 26.8. The first-order valence-corrected chi connectivity index (χ1v) is 9.74. The fraction of sp³-hybridized carbons (Fsp3) is 0.533. The minimum atomic E-state index is -3.70. The molecule has 1 aromatic carbocycles. The standard InChI is InChI=1S/C15H18Cl2N2O3S/c1-10-8-12(10)15(20)18-4-6-19(7-5-18)23(21,22)14-9-11(16)2-3-13(14)17/h2-3,9-10,12H,4-8H2,1H3. The lowest BCUT2D eigenvalue weighted by Crippen LogP contribution is -2.51. The number of carbonyl (C=O) groups excluding carboxylic acids is 1. The molecule has 0 radical (unpaired) electrons. The van der Waals surface area contributed by atoms with Crippen LogP contribution in [-0.4, -0.2) is 49.7 Å². The Morgan fingerprint density at radius 1 is 1.17 bits per heavy atom. The summed E-state index contributed by atoms with van der Waals surface area (Å²) in [5.74, 6) is 0.727. The van der Waals surface area contributed by atoms with Gasteiger partial charge in [0.15, 0.2) is 0 Å². The van der Waals surface area contributed by atoms with E-state index in [0.717, 1.165) is 6.42 Å². The van der Waals surface area contributed by atoms with E-state index in [9.17, 15) is 13.2 Å². The summed E-state index contributed by atoms with van der Waals surface area (Å²) in [4.78, 5) is 14.0. The molecular formula is C15H18Cl2N2O3S. The Balaban J connectivity index is 1.71. The zero-order valence-electron chi connectivity index (χ0n) is 12.7. The lowest BCUT2D eigenvalue weighted by Gasteiger charge is -2.34. The molecule has 0 bridgehead atoms. The van der Waals surface area contributed by atoms with Crippen molar-refractivity contribution in [3.63, 3.8) is 0 Å². The van der Waals surface area contributed by atoms with E-state index in [4.69, 9.17) is 23.2 Å². The molecule has 1 heterocycles. The molecule has 1 aromatic rings. The van der Waals surface area contributed by atoms with Crippen LogP contribution in [0.5, 0.6) is 0 Å². The summed E-state index contributed by atoms with van der Waals surface area (Å²) >= 11 is 11.9. The predicted molar refractivity (Wildman–Crippen MR) is 89.1 cm³/mol. The Bertz CT molecular complexity index is 730. The number of rotatable bonds is 3. The third kappa shape index (κ3) is 3.36. The van der Waals surface area contributed by atoms with Crippen molar-refractivity contribution in [2.75, 3.05) is 26.2 Å². The molecule has 1 aliphatic carbocycles. The van der Waals surface area contributed by atoms with Crippen LogP contribution in [0.25, 0.3) is 0 Å². The van der Waals surface area contributed by atoms with E-state index < -0.39 is 10.0 Å². The second-order valence-corrected chi connectivity index (χ2v) is 8.87.